The minimum absolute atomic E-state index is 0.160. The van der Waals surface area contributed by atoms with Crippen molar-refractivity contribution in [3.8, 4) is 5.75 Å². The number of carbonyl (C=O) groups excluding carboxylic acids is 2. The number of nitrogens with zero attached hydrogens (tertiary/aromatic N) is 2. The zero-order chi connectivity index (χ0) is 24.0. The second-order valence-corrected chi connectivity index (χ2v) is 8.57. The molecule has 9 heteroatoms. The van der Waals surface area contributed by atoms with E-state index in [9.17, 15) is 23.5 Å². The summed E-state index contributed by atoms with van der Waals surface area (Å²) in [6.07, 6.45) is 0. The number of ketones is 1. The molecule has 0 spiro atoms. The highest BCUT2D eigenvalue weighted by Crippen LogP contribution is 2.44. The minimum atomic E-state index is -1.01. The number of hydrogen-bond donors (Lipinski definition) is 1. The molecule has 0 radical (unpaired) electrons. The largest absolute Gasteiger partial charge is 0.507 e. The smallest absolute Gasteiger partial charge is 0.301 e. The SMILES string of the molecule is COc1ccc([C@@H]2/C(=C(\O)c3ccc(F)cc3)C(=O)C(=O)N2c2nc3ccc(F)cc3s2)cc1. The summed E-state index contributed by atoms with van der Waals surface area (Å²) in [5.41, 5.74) is 1.01. The fourth-order valence-corrected chi connectivity index (χ4v) is 4.90. The number of anilines is 1. The zero-order valence-corrected chi connectivity index (χ0v) is 18.5. The molecule has 0 saturated carbocycles. The maximum absolute atomic E-state index is 13.7. The molecule has 1 fully saturated rings. The summed E-state index contributed by atoms with van der Waals surface area (Å²) in [6.45, 7) is 0. The van der Waals surface area contributed by atoms with Gasteiger partial charge in [0.05, 0.1) is 28.9 Å². The van der Waals surface area contributed by atoms with Crippen molar-refractivity contribution < 1.29 is 28.2 Å². The van der Waals surface area contributed by atoms with Gasteiger partial charge in [0.15, 0.2) is 5.13 Å². The van der Waals surface area contributed by atoms with Gasteiger partial charge in [0, 0.05) is 5.56 Å². The molecule has 3 aromatic carbocycles. The number of carbonyl (C=O) groups is 2. The number of Topliss-reactive ketones (excluding diaryl/α,β-unsaturated/α-hetero) is 1. The van der Waals surface area contributed by atoms with Crippen molar-refractivity contribution in [2.75, 3.05) is 12.0 Å². The maximum atomic E-state index is 13.7. The molecular formula is C25H16F2N2O4S. The molecule has 1 atom stereocenters. The Balaban J connectivity index is 1.72. The Kier molecular flexibility index (Phi) is 5.33. The van der Waals surface area contributed by atoms with Gasteiger partial charge in [-0.3, -0.25) is 14.5 Å². The Morgan fingerprint density at radius 2 is 1.68 bits per heavy atom. The highest BCUT2D eigenvalue weighted by molar-refractivity contribution is 7.22. The Morgan fingerprint density at radius 1 is 1.00 bits per heavy atom. The molecule has 5 rings (SSSR count). The Hall–Kier alpha value is -4.11. The summed E-state index contributed by atoms with van der Waals surface area (Å²) in [7, 11) is 1.51. The maximum Gasteiger partial charge on any atom is 0.301 e. The average Bonchev–Trinajstić information content (AvgIpc) is 3.37. The van der Waals surface area contributed by atoms with E-state index in [-0.39, 0.29) is 16.3 Å². The molecule has 1 N–H and O–H groups in total. The first-order chi connectivity index (χ1) is 16.4. The van der Waals surface area contributed by atoms with Crippen LogP contribution < -0.4 is 9.64 Å². The number of aliphatic hydroxyl groups excluding tert-OH is 1. The van der Waals surface area contributed by atoms with Crippen LogP contribution in [0.2, 0.25) is 0 Å². The summed E-state index contributed by atoms with van der Waals surface area (Å²) in [4.78, 5) is 32.0. The predicted molar refractivity (Wildman–Crippen MR) is 124 cm³/mol. The highest BCUT2D eigenvalue weighted by atomic mass is 32.1. The lowest BCUT2D eigenvalue weighted by molar-refractivity contribution is -0.132. The average molecular weight is 478 g/mol. The molecule has 1 amide bonds. The number of halogens is 2. The summed E-state index contributed by atoms with van der Waals surface area (Å²) in [5.74, 6) is -2.63. The van der Waals surface area contributed by atoms with Crippen molar-refractivity contribution in [3.05, 3.63) is 95.1 Å². The number of rotatable bonds is 4. The topological polar surface area (TPSA) is 79.7 Å². The van der Waals surface area contributed by atoms with Crippen molar-refractivity contribution in [2.45, 2.75) is 6.04 Å². The Bertz CT molecular complexity index is 1460. The van der Waals surface area contributed by atoms with Gasteiger partial charge in [-0.25, -0.2) is 13.8 Å². The third kappa shape index (κ3) is 3.60. The molecule has 0 unspecified atom stereocenters. The lowest BCUT2D eigenvalue weighted by Crippen LogP contribution is -2.29. The number of fused-ring (bicyclic) bond motifs is 1. The van der Waals surface area contributed by atoms with Crippen molar-refractivity contribution in [2.24, 2.45) is 0 Å². The summed E-state index contributed by atoms with van der Waals surface area (Å²) < 4.78 is 32.8. The van der Waals surface area contributed by atoms with Crippen LogP contribution in [0.25, 0.3) is 16.0 Å². The summed E-state index contributed by atoms with van der Waals surface area (Å²) >= 11 is 1.06. The van der Waals surface area contributed by atoms with Crippen molar-refractivity contribution in [1.82, 2.24) is 4.98 Å². The standard InChI is InChI=1S/C25H16F2N2O4S/c1-33-17-9-4-13(5-10-17)21-20(22(30)14-2-6-15(26)7-3-14)23(31)24(32)29(21)25-28-18-11-8-16(27)12-19(18)34-25/h2-12,21,30H,1H3/b22-20+/t21-/m1/s1. The van der Waals surface area contributed by atoms with Gasteiger partial charge >= 0.3 is 5.91 Å². The van der Waals surface area contributed by atoms with Crippen LogP contribution in [0.5, 0.6) is 5.75 Å². The molecule has 1 aliphatic heterocycles. The van der Waals surface area contributed by atoms with Gasteiger partial charge in [-0.15, -0.1) is 0 Å². The number of aliphatic hydroxyl groups is 1. The molecule has 1 saturated heterocycles. The first-order valence-electron chi connectivity index (χ1n) is 10.1. The lowest BCUT2D eigenvalue weighted by Gasteiger charge is -2.23. The number of ether oxygens (including phenoxy) is 1. The van der Waals surface area contributed by atoms with Crippen LogP contribution in [0.3, 0.4) is 0 Å². The van der Waals surface area contributed by atoms with Crippen LogP contribution in [0.15, 0.2) is 72.3 Å². The van der Waals surface area contributed by atoms with E-state index < -0.39 is 35.1 Å². The van der Waals surface area contributed by atoms with Crippen LogP contribution in [0.4, 0.5) is 13.9 Å². The number of hydrogen-bond acceptors (Lipinski definition) is 6. The van der Waals surface area contributed by atoms with E-state index in [0.29, 0.717) is 21.5 Å². The number of benzene rings is 3. The van der Waals surface area contributed by atoms with E-state index in [1.165, 1.54) is 42.3 Å². The fourth-order valence-electron chi connectivity index (χ4n) is 3.88. The monoisotopic (exact) mass is 478 g/mol. The molecule has 1 aromatic heterocycles. The van der Waals surface area contributed by atoms with Gasteiger partial charge in [-0.2, -0.15) is 0 Å². The molecule has 0 bridgehead atoms. The number of aromatic nitrogens is 1. The van der Waals surface area contributed by atoms with Crippen molar-refractivity contribution >= 4 is 44.1 Å². The lowest BCUT2D eigenvalue weighted by atomic mass is 9.95. The first kappa shape index (κ1) is 21.7. The Morgan fingerprint density at radius 3 is 2.35 bits per heavy atom. The molecule has 34 heavy (non-hydrogen) atoms. The quantitative estimate of drug-likeness (QED) is 0.248. The molecule has 6 nitrogen and oxygen atoms in total. The second kappa shape index (κ2) is 8.35. The highest BCUT2D eigenvalue weighted by Gasteiger charge is 2.48. The van der Waals surface area contributed by atoms with Gasteiger partial charge < -0.3 is 9.84 Å². The number of methoxy groups -OCH3 is 1. The molecular weight excluding hydrogens is 462 g/mol. The van der Waals surface area contributed by atoms with Gasteiger partial charge in [-0.05, 0) is 60.2 Å². The molecule has 4 aromatic rings. The van der Waals surface area contributed by atoms with Crippen LogP contribution >= 0.6 is 11.3 Å². The van der Waals surface area contributed by atoms with Gasteiger partial charge in [-0.1, -0.05) is 23.5 Å². The van der Waals surface area contributed by atoms with E-state index in [0.717, 1.165) is 23.5 Å². The summed E-state index contributed by atoms with van der Waals surface area (Å²) in [5, 5.41) is 11.2. The second-order valence-electron chi connectivity index (χ2n) is 7.56. The van der Waals surface area contributed by atoms with E-state index >= 15 is 0 Å². The normalized spacial score (nSPS) is 17.5. The van der Waals surface area contributed by atoms with Crippen LogP contribution in [-0.2, 0) is 9.59 Å². The Labute approximate surface area is 196 Å². The van der Waals surface area contributed by atoms with Crippen molar-refractivity contribution in [3.63, 3.8) is 0 Å². The zero-order valence-electron chi connectivity index (χ0n) is 17.7. The van der Waals surface area contributed by atoms with Crippen LogP contribution in [0.1, 0.15) is 17.2 Å². The van der Waals surface area contributed by atoms with Crippen LogP contribution in [-0.4, -0.2) is 28.9 Å². The molecule has 0 aliphatic carbocycles. The summed E-state index contributed by atoms with van der Waals surface area (Å²) in [6, 6.07) is 14.7. The van der Waals surface area contributed by atoms with E-state index in [1.807, 2.05) is 0 Å². The van der Waals surface area contributed by atoms with E-state index in [1.54, 1.807) is 24.3 Å². The molecule has 2 heterocycles. The van der Waals surface area contributed by atoms with Crippen molar-refractivity contribution in [1.29, 1.82) is 0 Å². The first-order valence-corrected chi connectivity index (χ1v) is 11.0. The van der Waals surface area contributed by atoms with Crippen LogP contribution in [0, 0.1) is 11.6 Å². The minimum Gasteiger partial charge on any atom is -0.507 e. The number of thiazole rings is 1. The predicted octanol–water partition coefficient (Wildman–Crippen LogP) is 5.21. The van der Waals surface area contributed by atoms with E-state index in [4.69, 9.17) is 4.74 Å². The molecule has 1 aliphatic rings. The van der Waals surface area contributed by atoms with Gasteiger partial charge in [0.25, 0.3) is 5.78 Å². The van der Waals surface area contributed by atoms with Gasteiger partial charge in [0.2, 0.25) is 0 Å². The van der Waals surface area contributed by atoms with Gasteiger partial charge in [0.1, 0.15) is 23.1 Å². The number of amides is 1. The third-order valence-electron chi connectivity index (χ3n) is 5.54. The molecule has 170 valence electrons. The van der Waals surface area contributed by atoms with E-state index in [2.05, 4.69) is 4.98 Å². The third-order valence-corrected chi connectivity index (χ3v) is 6.56. The fraction of sp³-hybridized carbons (Fsp3) is 0.0800.